The molecule has 0 spiro atoms. The van der Waals surface area contributed by atoms with Crippen molar-refractivity contribution in [1.82, 2.24) is 9.55 Å². The Morgan fingerprint density at radius 1 is 1.22 bits per heavy atom. The molecule has 0 bridgehead atoms. The van der Waals surface area contributed by atoms with Gasteiger partial charge in [-0.2, -0.15) is 0 Å². The molecule has 3 rings (SSSR count). The zero-order valence-corrected chi connectivity index (χ0v) is 19.7. The first-order valence-corrected chi connectivity index (χ1v) is 11.2. The lowest BCUT2D eigenvalue weighted by Gasteiger charge is -2.18. The fourth-order valence-electron chi connectivity index (χ4n) is 2.69. The van der Waals surface area contributed by atoms with E-state index in [1.807, 2.05) is 0 Å². The van der Waals surface area contributed by atoms with E-state index in [0.29, 0.717) is 21.0 Å². The van der Waals surface area contributed by atoms with E-state index >= 15 is 0 Å². The minimum absolute atomic E-state index is 0.102. The van der Waals surface area contributed by atoms with Crippen molar-refractivity contribution in [3.63, 3.8) is 0 Å². The molecule has 3 aromatic rings. The molecule has 0 saturated heterocycles. The largest absolute Gasteiger partial charge is 0.302 e. The number of hydrogen-bond acceptors (Lipinski definition) is 6. The number of benzene rings is 1. The van der Waals surface area contributed by atoms with E-state index in [0.717, 1.165) is 33.6 Å². The summed E-state index contributed by atoms with van der Waals surface area (Å²) in [6, 6.07) is 2.92. The molecule has 0 aliphatic rings. The minimum Gasteiger partial charge on any atom is -0.302 e. The molecule has 1 amide bonds. The fourth-order valence-corrected chi connectivity index (χ4v) is 4.54. The number of thiazole rings is 2. The number of hydrogen-bond donors (Lipinski definition) is 0. The SMILES string of the molecule is CC(=O)N(c1nc(/C=c2\s/c(=C\C(=O)C(C)(C)C)n(C)c2=O)cs1)c1ccc(F)cc1F. The molecule has 0 unspecified atom stereocenters. The molecule has 0 N–H and O–H groups in total. The number of carbonyl (C=O) groups is 2. The summed E-state index contributed by atoms with van der Waals surface area (Å²) < 4.78 is 29.8. The Morgan fingerprint density at radius 2 is 1.91 bits per heavy atom. The molecule has 0 aliphatic heterocycles. The average molecular weight is 478 g/mol. The summed E-state index contributed by atoms with van der Waals surface area (Å²) in [7, 11) is 1.58. The van der Waals surface area contributed by atoms with Gasteiger partial charge >= 0.3 is 0 Å². The van der Waals surface area contributed by atoms with Crippen LogP contribution in [0.5, 0.6) is 0 Å². The van der Waals surface area contributed by atoms with Crippen LogP contribution in [0.3, 0.4) is 0 Å². The zero-order valence-electron chi connectivity index (χ0n) is 18.1. The van der Waals surface area contributed by atoms with Gasteiger partial charge in [-0.1, -0.05) is 20.8 Å². The molecule has 2 aromatic heterocycles. The van der Waals surface area contributed by atoms with E-state index in [2.05, 4.69) is 4.98 Å². The number of amides is 1. The third kappa shape index (κ3) is 4.91. The predicted molar refractivity (Wildman–Crippen MR) is 123 cm³/mol. The van der Waals surface area contributed by atoms with Gasteiger partial charge in [0, 0.05) is 36.9 Å². The van der Waals surface area contributed by atoms with Gasteiger partial charge in [0.25, 0.3) is 5.56 Å². The monoisotopic (exact) mass is 477 g/mol. The topological polar surface area (TPSA) is 72.3 Å². The molecule has 0 fully saturated rings. The standard InChI is InChI=1S/C22H21F2N3O3S2/c1-12(28)27(16-7-6-13(23)8-15(16)24)21-25-14(11-31-21)9-17-20(30)26(5)19(32-17)10-18(29)22(2,3)4/h6-11H,1-5H3/b17-9-,19-10-. The van der Waals surface area contributed by atoms with E-state index in [1.54, 1.807) is 39.3 Å². The number of carbonyl (C=O) groups excluding carboxylic acids is 2. The van der Waals surface area contributed by atoms with E-state index in [9.17, 15) is 23.2 Å². The summed E-state index contributed by atoms with van der Waals surface area (Å²) in [5.74, 6) is -2.25. The maximum absolute atomic E-state index is 14.3. The highest BCUT2D eigenvalue weighted by atomic mass is 32.1. The first kappa shape index (κ1) is 23.7. The summed E-state index contributed by atoms with van der Waals surface area (Å²) in [4.78, 5) is 42.5. The molecule has 0 saturated carbocycles. The second-order valence-corrected chi connectivity index (χ2v) is 9.98. The summed E-state index contributed by atoms with van der Waals surface area (Å²) in [5, 5.41) is 1.80. The second-order valence-electron chi connectivity index (χ2n) is 8.08. The Morgan fingerprint density at radius 3 is 2.50 bits per heavy atom. The molecule has 1 aromatic carbocycles. The van der Waals surface area contributed by atoms with Crippen LogP contribution in [-0.2, 0) is 16.6 Å². The Bertz CT molecular complexity index is 1380. The third-order valence-corrected chi connectivity index (χ3v) is 6.46. The van der Waals surface area contributed by atoms with E-state index in [-0.39, 0.29) is 22.2 Å². The van der Waals surface area contributed by atoms with Crippen LogP contribution in [0.2, 0.25) is 0 Å². The van der Waals surface area contributed by atoms with E-state index in [1.165, 1.54) is 23.6 Å². The normalized spacial score (nSPS) is 13.0. The van der Waals surface area contributed by atoms with Crippen molar-refractivity contribution in [2.45, 2.75) is 27.7 Å². The van der Waals surface area contributed by atoms with Crippen LogP contribution in [0.25, 0.3) is 12.2 Å². The van der Waals surface area contributed by atoms with Crippen LogP contribution in [-0.4, -0.2) is 21.2 Å². The number of anilines is 2. The van der Waals surface area contributed by atoms with Gasteiger partial charge in [0.15, 0.2) is 10.9 Å². The molecule has 6 nitrogen and oxygen atoms in total. The number of halogens is 2. The van der Waals surface area contributed by atoms with Crippen LogP contribution >= 0.6 is 22.7 Å². The Balaban J connectivity index is 2.04. The summed E-state index contributed by atoms with van der Waals surface area (Å²) >= 11 is 2.23. The van der Waals surface area contributed by atoms with E-state index < -0.39 is 23.0 Å². The highest BCUT2D eigenvalue weighted by molar-refractivity contribution is 7.14. The van der Waals surface area contributed by atoms with E-state index in [4.69, 9.17) is 0 Å². The average Bonchev–Trinajstić information content (AvgIpc) is 3.23. The Hall–Kier alpha value is -2.98. The first-order chi connectivity index (χ1) is 14.9. The molecule has 32 heavy (non-hydrogen) atoms. The highest BCUT2D eigenvalue weighted by Gasteiger charge is 2.22. The lowest BCUT2D eigenvalue weighted by Crippen LogP contribution is -2.30. The lowest BCUT2D eigenvalue weighted by molar-refractivity contribution is -0.120. The Labute approximate surface area is 190 Å². The van der Waals surface area contributed by atoms with Gasteiger partial charge in [0.05, 0.1) is 15.9 Å². The van der Waals surface area contributed by atoms with Crippen LogP contribution in [0.4, 0.5) is 19.6 Å². The van der Waals surface area contributed by atoms with Crippen LogP contribution < -0.4 is 19.7 Å². The van der Waals surface area contributed by atoms with Gasteiger partial charge in [-0.05, 0) is 18.2 Å². The molecule has 2 heterocycles. The van der Waals surface area contributed by atoms with Crippen LogP contribution in [0.15, 0.2) is 28.4 Å². The number of aromatic nitrogens is 2. The van der Waals surface area contributed by atoms with Gasteiger partial charge in [-0.3, -0.25) is 19.3 Å². The van der Waals surface area contributed by atoms with Gasteiger partial charge in [-0.15, -0.1) is 22.7 Å². The van der Waals surface area contributed by atoms with Gasteiger partial charge < -0.3 is 4.57 Å². The first-order valence-electron chi connectivity index (χ1n) is 9.53. The molecule has 168 valence electrons. The van der Waals surface area contributed by atoms with Crippen molar-refractivity contribution in [3.05, 3.63) is 60.5 Å². The fraction of sp³-hybridized carbons (Fsp3) is 0.273. The molecule has 0 radical (unpaired) electrons. The highest BCUT2D eigenvalue weighted by Crippen LogP contribution is 2.31. The quantitative estimate of drug-likeness (QED) is 0.579. The smallest absolute Gasteiger partial charge is 0.268 e. The van der Waals surface area contributed by atoms with Crippen molar-refractivity contribution in [2.24, 2.45) is 12.5 Å². The Kier molecular flexibility index (Phi) is 6.56. The van der Waals surface area contributed by atoms with Crippen molar-refractivity contribution >= 4 is 57.3 Å². The second kappa shape index (κ2) is 8.87. The van der Waals surface area contributed by atoms with Gasteiger partial charge in [0.1, 0.15) is 16.3 Å². The molecule has 0 atom stereocenters. The maximum Gasteiger partial charge on any atom is 0.268 e. The lowest BCUT2D eigenvalue weighted by atomic mass is 9.91. The number of ketones is 1. The summed E-state index contributed by atoms with van der Waals surface area (Å²) in [5.41, 5.74) is -0.583. The third-order valence-electron chi connectivity index (χ3n) is 4.50. The zero-order chi connectivity index (χ0) is 23.8. The molecular formula is C22H21F2N3O3S2. The molecule has 10 heteroatoms. The summed E-state index contributed by atoms with van der Waals surface area (Å²) in [6.45, 7) is 6.64. The van der Waals surface area contributed by atoms with Crippen LogP contribution in [0.1, 0.15) is 33.4 Å². The maximum atomic E-state index is 14.3. The molecule has 0 aliphatic carbocycles. The van der Waals surface area contributed by atoms with Crippen molar-refractivity contribution in [2.75, 3.05) is 4.90 Å². The number of nitrogens with zero attached hydrogens (tertiary/aromatic N) is 3. The molecular weight excluding hydrogens is 456 g/mol. The van der Waals surface area contributed by atoms with Gasteiger partial charge in [0.2, 0.25) is 5.91 Å². The predicted octanol–water partition coefficient (Wildman–Crippen LogP) is 3.09. The van der Waals surface area contributed by atoms with Crippen LogP contribution in [0, 0.1) is 17.0 Å². The van der Waals surface area contributed by atoms with Gasteiger partial charge in [-0.25, -0.2) is 13.8 Å². The minimum atomic E-state index is -0.892. The summed E-state index contributed by atoms with van der Waals surface area (Å²) in [6.07, 6.45) is 3.00. The van der Waals surface area contributed by atoms with Crippen molar-refractivity contribution < 1.29 is 18.4 Å². The number of Topliss-reactive ketones (excluding diaryl/α,β-unsaturated/α-hetero) is 1. The van der Waals surface area contributed by atoms with Crippen molar-refractivity contribution in [1.29, 1.82) is 0 Å². The van der Waals surface area contributed by atoms with Crippen molar-refractivity contribution in [3.8, 4) is 0 Å². The number of rotatable bonds is 4.